The maximum Gasteiger partial charge on any atom is 0.343 e. The normalized spacial score (nSPS) is 10.1. The van der Waals surface area contributed by atoms with Crippen LogP contribution in [0.1, 0.15) is 15.9 Å². The number of aromatic nitrogens is 2. The smallest absolute Gasteiger partial charge is 0.343 e. The second-order valence-corrected chi connectivity index (χ2v) is 5.22. The lowest BCUT2D eigenvalue weighted by atomic mass is 10.2. The van der Waals surface area contributed by atoms with E-state index in [0.29, 0.717) is 9.45 Å². The summed E-state index contributed by atoms with van der Waals surface area (Å²) in [6.07, 6.45) is 0. The largest absolute Gasteiger partial charge is 0.497 e. The number of benzene rings is 1. The topological polar surface area (TPSA) is 70.5 Å². The Morgan fingerprint density at radius 3 is 2.57 bits per heavy atom. The molecule has 0 bridgehead atoms. The fraction of sp³-hybridized carbons (Fsp3) is 0.214. The van der Waals surface area contributed by atoms with Crippen molar-refractivity contribution in [2.75, 3.05) is 14.2 Å². The van der Waals surface area contributed by atoms with Crippen LogP contribution >= 0.6 is 22.6 Å². The highest BCUT2D eigenvalue weighted by molar-refractivity contribution is 14.1. The second-order valence-electron chi connectivity index (χ2n) is 4.11. The summed E-state index contributed by atoms with van der Waals surface area (Å²) in [5.74, 6) is 0.873. The van der Waals surface area contributed by atoms with Crippen LogP contribution in [0.5, 0.6) is 17.4 Å². The van der Waals surface area contributed by atoms with Crippen LogP contribution in [0.3, 0.4) is 0 Å². The van der Waals surface area contributed by atoms with Gasteiger partial charge in [0.2, 0.25) is 0 Å². The van der Waals surface area contributed by atoms with Crippen LogP contribution in [0.2, 0.25) is 0 Å². The monoisotopic (exact) mass is 400 g/mol. The predicted octanol–water partition coefficient (Wildman–Crippen LogP) is 2.98. The van der Waals surface area contributed by atoms with Gasteiger partial charge >= 0.3 is 5.97 Å². The number of methoxy groups -OCH3 is 2. The first kappa shape index (κ1) is 15.5. The van der Waals surface area contributed by atoms with Crippen LogP contribution in [0.25, 0.3) is 0 Å². The molecular weight excluding hydrogens is 387 g/mol. The molecule has 0 amide bonds. The Hall–Kier alpha value is -1.90. The van der Waals surface area contributed by atoms with E-state index in [1.54, 1.807) is 25.3 Å². The number of hydrogen-bond donors (Lipinski definition) is 0. The summed E-state index contributed by atoms with van der Waals surface area (Å²) in [7, 11) is 2.90. The molecule has 6 nitrogen and oxygen atoms in total. The molecule has 1 aromatic carbocycles. The molecule has 1 aromatic heterocycles. The maximum atomic E-state index is 11.8. The van der Waals surface area contributed by atoms with E-state index in [2.05, 4.69) is 10.2 Å². The summed E-state index contributed by atoms with van der Waals surface area (Å²) in [5, 5.41) is 7.81. The van der Waals surface area contributed by atoms with Crippen molar-refractivity contribution in [2.24, 2.45) is 0 Å². The van der Waals surface area contributed by atoms with Crippen molar-refractivity contribution >= 4 is 28.6 Å². The molecule has 0 aliphatic carbocycles. The van der Waals surface area contributed by atoms with E-state index in [9.17, 15) is 4.79 Å². The minimum Gasteiger partial charge on any atom is -0.497 e. The molecule has 0 spiro atoms. The Kier molecular flexibility index (Phi) is 4.94. The molecule has 0 fully saturated rings. The number of ether oxygens (including phenoxy) is 3. The van der Waals surface area contributed by atoms with Crippen molar-refractivity contribution in [3.05, 3.63) is 39.1 Å². The van der Waals surface area contributed by atoms with Crippen molar-refractivity contribution in [3.63, 3.8) is 0 Å². The minimum atomic E-state index is -0.524. The number of rotatable bonds is 4. The van der Waals surface area contributed by atoms with Gasteiger partial charge in [0.25, 0.3) is 5.88 Å². The maximum absolute atomic E-state index is 11.8. The van der Waals surface area contributed by atoms with Crippen molar-refractivity contribution in [2.45, 2.75) is 6.92 Å². The SMILES string of the molecule is COC(=O)c1cc(I)nnc1Oc1ccc(OC)cc1C. The number of carbonyl (C=O) groups excluding carboxylic acids is 1. The van der Waals surface area contributed by atoms with Gasteiger partial charge in [0.05, 0.1) is 14.2 Å². The Bertz CT molecular complexity index is 676. The van der Waals surface area contributed by atoms with Crippen LogP contribution < -0.4 is 9.47 Å². The van der Waals surface area contributed by atoms with Crippen LogP contribution in [0.15, 0.2) is 24.3 Å². The Labute approximate surface area is 135 Å². The number of nitrogens with zero attached hydrogens (tertiary/aromatic N) is 2. The molecule has 21 heavy (non-hydrogen) atoms. The van der Waals surface area contributed by atoms with Crippen molar-refractivity contribution in [1.29, 1.82) is 0 Å². The molecule has 0 aliphatic heterocycles. The highest BCUT2D eigenvalue weighted by atomic mass is 127. The van der Waals surface area contributed by atoms with Crippen molar-refractivity contribution in [1.82, 2.24) is 10.2 Å². The third kappa shape index (κ3) is 3.60. The fourth-order valence-corrected chi connectivity index (χ4v) is 2.08. The Morgan fingerprint density at radius 2 is 1.95 bits per heavy atom. The summed E-state index contributed by atoms with van der Waals surface area (Å²) in [6.45, 7) is 1.87. The predicted molar refractivity (Wildman–Crippen MR) is 83.9 cm³/mol. The van der Waals surface area contributed by atoms with Gasteiger partial charge in [-0.2, -0.15) is 0 Å². The van der Waals surface area contributed by atoms with E-state index in [0.717, 1.165) is 11.3 Å². The zero-order chi connectivity index (χ0) is 15.4. The van der Waals surface area contributed by atoms with E-state index in [1.807, 2.05) is 35.6 Å². The van der Waals surface area contributed by atoms with Crippen LogP contribution in [-0.2, 0) is 4.74 Å². The Balaban J connectivity index is 2.37. The molecule has 0 N–H and O–H groups in total. The van der Waals surface area contributed by atoms with E-state index >= 15 is 0 Å². The third-order valence-corrected chi connectivity index (χ3v) is 3.25. The van der Waals surface area contributed by atoms with Gasteiger partial charge in [-0.3, -0.25) is 0 Å². The molecule has 1 heterocycles. The van der Waals surface area contributed by atoms with Crippen molar-refractivity contribution < 1.29 is 19.0 Å². The van der Waals surface area contributed by atoms with Gasteiger partial charge in [0.1, 0.15) is 20.8 Å². The number of halogens is 1. The lowest BCUT2D eigenvalue weighted by Gasteiger charge is -2.11. The number of aryl methyl sites for hydroxylation is 1. The summed E-state index contributed by atoms with van der Waals surface area (Å²) in [4.78, 5) is 11.8. The molecule has 110 valence electrons. The average molecular weight is 400 g/mol. The van der Waals surface area contributed by atoms with Gasteiger partial charge in [-0.05, 0) is 59.3 Å². The molecule has 2 aromatic rings. The van der Waals surface area contributed by atoms with Gasteiger partial charge in [-0.1, -0.05) is 0 Å². The Morgan fingerprint density at radius 1 is 1.19 bits per heavy atom. The van der Waals surface area contributed by atoms with E-state index in [-0.39, 0.29) is 11.4 Å². The lowest BCUT2D eigenvalue weighted by Crippen LogP contribution is -2.07. The first-order valence-corrected chi connectivity index (χ1v) is 7.07. The van der Waals surface area contributed by atoms with E-state index < -0.39 is 5.97 Å². The van der Waals surface area contributed by atoms with Crippen molar-refractivity contribution in [3.8, 4) is 17.4 Å². The summed E-state index contributed by atoms with van der Waals surface area (Å²) in [6, 6.07) is 6.90. The zero-order valence-electron chi connectivity index (χ0n) is 11.7. The zero-order valence-corrected chi connectivity index (χ0v) is 13.9. The van der Waals surface area contributed by atoms with Gasteiger partial charge < -0.3 is 14.2 Å². The molecule has 0 saturated heterocycles. The molecule has 0 radical (unpaired) electrons. The number of esters is 1. The van der Waals surface area contributed by atoms with Gasteiger partial charge in [0, 0.05) is 0 Å². The first-order chi connectivity index (χ1) is 10.0. The summed E-state index contributed by atoms with van der Waals surface area (Å²) >= 11 is 1.97. The third-order valence-electron chi connectivity index (χ3n) is 2.72. The molecular formula is C14H13IN2O4. The quantitative estimate of drug-likeness (QED) is 0.581. The highest BCUT2D eigenvalue weighted by Gasteiger charge is 2.17. The van der Waals surface area contributed by atoms with Crippen LogP contribution in [0, 0.1) is 10.6 Å². The van der Waals surface area contributed by atoms with Crippen LogP contribution in [0.4, 0.5) is 0 Å². The van der Waals surface area contributed by atoms with Gasteiger partial charge in [-0.15, -0.1) is 10.2 Å². The molecule has 0 unspecified atom stereocenters. The first-order valence-electron chi connectivity index (χ1n) is 5.99. The average Bonchev–Trinajstić information content (AvgIpc) is 2.49. The van der Waals surface area contributed by atoms with E-state index in [1.165, 1.54) is 7.11 Å². The standard InChI is InChI=1S/C14H13IN2O4/c1-8-6-9(19-2)4-5-11(8)21-13-10(14(18)20-3)7-12(15)16-17-13/h4-7H,1-3H3. The minimum absolute atomic E-state index is 0.107. The summed E-state index contributed by atoms with van der Waals surface area (Å²) in [5.41, 5.74) is 1.08. The molecule has 0 atom stereocenters. The van der Waals surface area contributed by atoms with Gasteiger partial charge in [-0.25, -0.2) is 4.79 Å². The van der Waals surface area contributed by atoms with Crippen LogP contribution in [-0.4, -0.2) is 30.4 Å². The lowest BCUT2D eigenvalue weighted by molar-refractivity contribution is 0.0596. The van der Waals surface area contributed by atoms with Gasteiger partial charge in [0.15, 0.2) is 0 Å². The molecule has 0 aliphatic rings. The second kappa shape index (κ2) is 6.70. The van der Waals surface area contributed by atoms with E-state index in [4.69, 9.17) is 14.2 Å². The molecule has 7 heteroatoms. The number of carbonyl (C=O) groups is 1. The molecule has 0 saturated carbocycles. The molecule has 2 rings (SSSR count). The fourth-order valence-electron chi connectivity index (χ4n) is 1.66. The highest BCUT2D eigenvalue weighted by Crippen LogP contribution is 2.29. The summed E-state index contributed by atoms with van der Waals surface area (Å²) < 4.78 is 16.1. The number of hydrogen-bond acceptors (Lipinski definition) is 6.